The van der Waals surface area contributed by atoms with Crippen LogP contribution in [0.1, 0.15) is 24.5 Å². The number of nitrogens with zero attached hydrogens (tertiary/aromatic N) is 1. The summed E-state index contributed by atoms with van der Waals surface area (Å²) in [5.41, 5.74) is 1.93. The average Bonchev–Trinajstić information content (AvgIpc) is 2.96. The van der Waals surface area contributed by atoms with Gasteiger partial charge in [-0.2, -0.15) is 0 Å². The van der Waals surface area contributed by atoms with E-state index in [4.69, 9.17) is 21.7 Å². The summed E-state index contributed by atoms with van der Waals surface area (Å²) in [6.07, 6.45) is 2.72. The molecule has 0 atom stereocenters. The second kappa shape index (κ2) is 9.58. The number of hydrogen-bond acceptors (Lipinski definition) is 5. The van der Waals surface area contributed by atoms with Crippen molar-refractivity contribution in [1.82, 2.24) is 4.90 Å². The minimum absolute atomic E-state index is 0.0358. The molecular formula is C21H20BrNO3S2. The van der Waals surface area contributed by atoms with Gasteiger partial charge < -0.3 is 9.47 Å². The van der Waals surface area contributed by atoms with Gasteiger partial charge in [0.1, 0.15) is 10.9 Å². The fourth-order valence-electron chi connectivity index (χ4n) is 2.70. The van der Waals surface area contributed by atoms with Gasteiger partial charge in [-0.3, -0.25) is 9.69 Å². The van der Waals surface area contributed by atoms with E-state index in [1.807, 2.05) is 55.5 Å². The SMILES string of the molecule is CCCN1C(=O)/C(=C\c2ccc(OCc3ccc(Br)cc3)c(OC)c2)SC1=S. The molecule has 0 aromatic heterocycles. The van der Waals surface area contributed by atoms with E-state index >= 15 is 0 Å². The van der Waals surface area contributed by atoms with Gasteiger partial charge in [0, 0.05) is 11.0 Å². The quantitative estimate of drug-likeness (QED) is 0.380. The van der Waals surface area contributed by atoms with Gasteiger partial charge in [-0.15, -0.1) is 0 Å². The molecule has 2 aromatic rings. The standard InChI is InChI=1S/C21H20BrNO3S2/c1-3-10-23-20(24)19(28-21(23)27)12-15-6-9-17(18(11-15)25-2)26-13-14-4-7-16(22)8-5-14/h4-9,11-12H,3,10,13H2,1-2H3/b19-12+. The number of methoxy groups -OCH3 is 1. The molecule has 1 saturated heterocycles. The number of thioether (sulfide) groups is 1. The first-order valence-electron chi connectivity index (χ1n) is 8.82. The summed E-state index contributed by atoms with van der Waals surface area (Å²) < 4.78 is 13.0. The van der Waals surface area contributed by atoms with E-state index < -0.39 is 0 Å². The van der Waals surface area contributed by atoms with Crippen molar-refractivity contribution in [2.24, 2.45) is 0 Å². The monoisotopic (exact) mass is 477 g/mol. The van der Waals surface area contributed by atoms with Gasteiger partial charge in [0.25, 0.3) is 5.91 Å². The second-order valence-electron chi connectivity index (χ2n) is 6.16. The molecule has 0 radical (unpaired) electrons. The largest absolute Gasteiger partial charge is 0.493 e. The van der Waals surface area contributed by atoms with Crippen LogP contribution in [0, 0.1) is 0 Å². The van der Waals surface area contributed by atoms with E-state index in [9.17, 15) is 4.79 Å². The Morgan fingerprint density at radius 2 is 1.93 bits per heavy atom. The van der Waals surface area contributed by atoms with Crippen molar-refractivity contribution < 1.29 is 14.3 Å². The van der Waals surface area contributed by atoms with Crippen molar-refractivity contribution in [1.29, 1.82) is 0 Å². The molecule has 0 unspecified atom stereocenters. The van der Waals surface area contributed by atoms with E-state index in [0.717, 1.165) is 22.0 Å². The van der Waals surface area contributed by atoms with Crippen LogP contribution in [0.5, 0.6) is 11.5 Å². The number of ether oxygens (including phenoxy) is 2. The van der Waals surface area contributed by atoms with E-state index in [0.29, 0.717) is 33.9 Å². The highest BCUT2D eigenvalue weighted by Crippen LogP contribution is 2.35. The van der Waals surface area contributed by atoms with Crippen LogP contribution in [0.3, 0.4) is 0 Å². The lowest BCUT2D eigenvalue weighted by molar-refractivity contribution is -0.122. The second-order valence-corrected chi connectivity index (χ2v) is 8.75. The number of rotatable bonds is 7. The Kier molecular flexibility index (Phi) is 7.15. The number of carbonyl (C=O) groups is 1. The lowest BCUT2D eigenvalue weighted by Crippen LogP contribution is -2.28. The van der Waals surface area contributed by atoms with E-state index in [1.165, 1.54) is 11.8 Å². The first-order chi connectivity index (χ1) is 13.5. The third-order valence-corrected chi connectivity index (χ3v) is 6.02. The third kappa shape index (κ3) is 4.96. The van der Waals surface area contributed by atoms with E-state index in [1.54, 1.807) is 12.0 Å². The molecule has 4 nitrogen and oxygen atoms in total. The van der Waals surface area contributed by atoms with Crippen LogP contribution in [0.25, 0.3) is 6.08 Å². The van der Waals surface area contributed by atoms with Gasteiger partial charge in [-0.05, 0) is 47.9 Å². The minimum atomic E-state index is -0.0358. The zero-order valence-electron chi connectivity index (χ0n) is 15.6. The van der Waals surface area contributed by atoms with Crippen molar-refractivity contribution in [2.45, 2.75) is 20.0 Å². The summed E-state index contributed by atoms with van der Waals surface area (Å²) in [5.74, 6) is 1.24. The molecule has 7 heteroatoms. The summed E-state index contributed by atoms with van der Waals surface area (Å²) in [6, 6.07) is 13.6. The molecular weight excluding hydrogens is 458 g/mol. The number of hydrogen-bond donors (Lipinski definition) is 0. The molecule has 1 heterocycles. The Morgan fingerprint density at radius 3 is 2.61 bits per heavy atom. The molecule has 0 saturated carbocycles. The molecule has 1 aliphatic rings. The predicted molar refractivity (Wildman–Crippen MR) is 122 cm³/mol. The molecule has 0 N–H and O–H groups in total. The van der Waals surface area contributed by atoms with Crippen molar-refractivity contribution >= 4 is 56.2 Å². The highest BCUT2D eigenvalue weighted by atomic mass is 79.9. The zero-order valence-corrected chi connectivity index (χ0v) is 18.8. The number of thiocarbonyl (C=S) groups is 1. The molecule has 0 bridgehead atoms. The fourth-order valence-corrected chi connectivity index (χ4v) is 4.28. The van der Waals surface area contributed by atoms with Crippen LogP contribution in [0.2, 0.25) is 0 Å². The maximum Gasteiger partial charge on any atom is 0.266 e. The van der Waals surface area contributed by atoms with Crippen LogP contribution in [-0.2, 0) is 11.4 Å². The Labute approximate surface area is 183 Å². The number of carbonyl (C=O) groups excluding carboxylic acids is 1. The summed E-state index contributed by atoms with van der Waals surface area (Å²) in [5, 5.41) is 0. The normalized spacial score (nSPS) is 15.4. The summed E-state index contributed by atoms with van der Waals surface area (Å²) in [6.45, 7) is 3.12. The molecule has 1 aliphatic heterocycles. The topological polar surface area (TPSA) is 38.8 Å². The van der Waals surface area contributed by atoms with Gasteiger partial charge in [0.05, 0.1) is 12.0 Å². The lowest BCUT2D eigenvalue weighted by atomic mass is 10.1. The molecule has 1 amide bonds. The first kappa shape index (κ1) is 20.9. The average molecular weight is 478 g/mol. The Bertz CT molecular complexity index is 912. The molecule has 1 fully saturated rings. The van der Waals surface area contributed by atoms with Gasteiger partial charge >= 0.3 is 0 Å². The van der Waals surface area contributed by atoms with Gasteiger partial charge in [0.2, 0.25) is 0 Å². The summed E-state index contributed by atoms with van der Waals surface area (Å²) in [7, 11) is 1.60. The molecule has 146 valence electrons. The zero-order chi connectivity index (χ0) is 20.1. The Hall–Kier alpha value is -1.83. The van der Waals surface area contributed by atoms with E-state index in [-0.39, 0.29) is 5.91 Å². The van der Waals surface area contributed by atoms with Crippen LogP contribution in [0.15, 0.2) is 51.8 Å². The highest BCUT2D eigenvalue weighted by Gasteiger charge is 2.31. The third-order valence-electron chi connectivity index (χ3n) is 4.11. The smallest absolute Gasteiger partial charge is 0.266 e. The predicted octanol–water partition coefficient (Wildman–Crippen LogP) is 5.65. The molecule has 0 spiro atoms. The maximum atomic E-state index is 12.5. The maximum absolute atomic E-state index is 12.5. The highest BCUT2D eigenvalue weighted by molar-refractivity contribution is 9.10. The summed E-state index contributed by atoms with van der Waals surface area (Å²) in [4.78, 5) is 14.8. The van der Waals surface area contributed by atoms with Gasteiger partial charge in [-0.25, -0.2) is 0 Å². The Morgan fingerprint density at radius 1 is 1.18 bits per heavy atom. The van der Waals surface area contributed by atoms with Crippen LogP contribution in [0.4, 0.5) is 0 Å². The molecule has 3 rings (SSSR count). The van der Waals surface area contributed by atoms with Gasteiger partial charge in [-0.1, -0.05) is 65.0 Å². The van der Waals surface area contributed by atoms with Crippen molar-refractivity contribution in [3.05, 3.63) is 63.0 Å². The van der Waals surface area contributed by atoms with Crippen molar-refractivity contribution in [3.63, 3.8) is 0 Å². The number of benzene rings is 2. The minimum Gasteiger partial charge on any atom is -0.493 e. The van der Waals surface area contributed by atoms with Gasteiger partial charge in [0.15, 0.2) is 11.5 Å². The molecule has 2 aromatic carbocycles. The van der Waals surface area contributed by atoms with Crippen LogP contribution >= 0.6 is 39.9 Å². The number of amides is 1. The first-order valence-corrected chi connectivity index (χ1v) is 10.8. The summed E-state index contributed by atoms with van der Waals surface area (Å²) >= 11 is 10.1. The van der Waals surface area contributed by atoms with Crippen molar-refractivity contribution in [2.75, 3.05) is 13.7 Å². The van der Waals surface area contributed by atoms with Crippen LogP contribution < -0.4 is 9.47 Å². The number of halogens is 1. The van der Waals surface area contributed by atoms with Crippen molar-refractivity contribution in [3.8, 4) is 11.5 Å². The Balaban J connectivity index is 1.75. The van der Waals surface area contributed by atoms with Crippen LogP contribution in [-0.4, -0.2) is 28.8 Å². The lowest BCUT2D eigenvalue weighted by Gasteiger charge is -2.12. The molecule has 28 heavy (non-hydrogen) atoms. The van der Waals surface area contributed by atoms with E-state index in [2.05, 4.69) is 15.9 Å². The fraction of sp³-hybridized carbons (Fsp3) is 0.238. The molecule has 0 aliphatic carbocycles.